The number of carbonyl (C=O) groups is 1. The lowest BCUT2D eigenvalue weighted by atomic mass is 10.1. The van der Waals surface area contributed by atoms with Crippen LogP contribution in [0.25, 0.3) is 0 Å². The standard InChI is InChI=1S/C20H30ClN3O2/c1-17(2)16-23-18(25)12-10-8-6-4-3-5-7-9-11-15-26-19-13-14-22-20(21)24-19/h6,8,10,12-14,17H,3-5,7,9,11,15-16H2,1-2H3,(H,23,25). The molecule has 0 bridgehead atoms. The van der Waals surface area contributed by atoms with Gasteiger partial charge in [0.15, 0.2) is 0 Å². The van der Waals surface area contributed by atoms with Crippen molar-refractivity contribution in [2.75, 3.05) is 13.2 Å². The average molecular weight is 380 g/mol. The van der Waals surface area contributed by atoms with Crippen LogP contribution in [0.5, 0.6) is 5.88 Å². The molecule has 0 saturated heterocycles. The lowest BCUT2D eigenvalue weighted by Gasteiger charge is -2.04. The zero-order valence-corrected chi connectivity index (χ0v) is 16.5. The molecule has 1 rings (SSSR count). The Morgan fingerprint density at radius 1 is 1.23 bits per heavy atom. The third kappa shape index (κ3) is 12.5. The molecular formula is C20H30ClN3O2. The van der Waals surface area contributed by atoms with Crippen LogP contribution >= 0.6 is 11.6 Å². The van der Waals surface area contributed by atoms with Crippen LogP contribution in [0.1, 0.15) is 52.4 Å². The van der Waals surface area contributed by atoms with Crippen molar-refractivity contribution in [3.05, 3.63) is 41.9 Å². The number of unbranched alkanes of at least 4 members (excludes halogenated alkanes) is 5. The summed E-state index contributed by atoms with van der Waals surface area (Å²) < 4.78 is 5.52. The summed E-state index contributed by atoms with van der Waals surface area (Å²) in [4.78, 5) is 19.3. The highest BCUT2D eigenvalue weighted by Gasteiger charge is 1.98. The van der Waals surface area contributed by atoms with E-state index in [0.29, 0.717) is 24.9 Å². The van der Waals surface area contributed by atoms with Crippen LogP contribution in [0, 0.1) is 5.92 Å². The van der Waals surface area contributed by atoms with Crippen molar-refractivity contribution in [2.24, 2.45) is 5.92 Å². The van der Waals surface area contributed by atoms with E-state index in [0.717, 1.165) is 25.7 Å². The first-order valence-electron chi connectivity index (χ1n) is 9.30. The van der Waals surface area contributed by atoms with Crippen molar-refractivity contribution in [1.82, 2.24) is 15.3 Å². The molecule has 1 aromatic rings. The molecule has 0 radical (unpaired) electrons. The molecule has 0 aliphatic heterocycles. The number of aromatic nitrogens is 2. The van der Waals surface area contributed by atoms with Crippen molar-refractivity contribution in [3.8, 4) is 5.88 Å². The normalized spacial score (nSPS) is 11.5. The quantitative estimate of drug-likeness (QED) is 0.233. The minimum Gasteiger partial charge on any atom is -0.478 e. The molecule has 0 atom stereocenters. The second kappa shape index (κ2) is 14.3. The predicted octanol–water partition coefficient (Wildman–Crippen LogP) is 4.73. The van der Waals surface area contributed by atoms with Crippen molar-refractivity contribution < 1.29 is 9.53 Å². The summed E-state index contributed by atoms with van der Waals surface area (Å²) in [5.41, 5.74) is 0. The Morgan fingerprint density at radius 2 is 2.00 bits per heavy atom. The Morgan fingerprint density at radius 3 is 2.77 bits per heavy atom. The van der Waals surface area contributed by atoms with Crippen LogP contribution in [0.4, 0.5) is 0 Å². The number of carbonyl (C=O) groups excluding carboxylic acids is 1. The highest BCUT2D eigenvalue weighted by Crippen LogP contribution is 2.10. The molecule has 0 aliphatic carbocycles. The van der Waals surface area contributed by atoms with Gasteiger partial charge in [0, 0.05) is 24.9 Å². The van der Waals surface area contributed by atoms with Crippen LogP contribution < -0.4 is 10.1 Å². The Hall–Kier alpha value is -1.88. The maximum Gasteiger partial charge on any atom is 0.243 e. The van der Waals surface area contributed by atoms with Crippen LogP contribution in [0.2, 0.25) is 5.28 Å². The zero-order chi connectivity index (χ0) is 19.0. The van der Waals surface area contributed by atoms with E-state index in [4.69, 9.17) is 16.3 Å². The number of hydrogen-bond donors (Lipinski definition) is 1. The Balaban J connectivity index is 1.93. The predicted molar refractivity (Wildman–Crippen MR) is 106 cm³/mol. The molecule has 0 saturated carbocycles. The van der Waals surface area contributed by atoms with Gasteiger partial charge in [-0.15, -0.1) is 0 Å². The van der Waals surface area contributed by atoms with E-state index >= 15 is 0 Å². The van der Waals surface area contributed by atoms with Crippen molar-refractivity contribution in [3.63, 3.8) is 0 Å². The zero-order valence-electron chi connectivity index (χ0n) is 15.8. The lowest BCUT2D eigenvalue weighted by Crippen LogP contribution is -2.25. The summed E-state index contributed by atoms with van der Waals surface area (Å²) in [6, 6.07) is 1.71. The third-order valence-corrected chi connectivity index (χ3v) is 3.73. The highest BCUT2D eigenvalue weighted by atomic mass is 35.5. The van der Waals surface area contributed by atoms with E-state index in [-0.39, 0.29) is 11.2 Å². The molecule has 6 heteroatoms. The summed E-state index contributed by atoms with van der Waals surface area (Å²) in [5, 5.41) is 3.06. The average Bonchev–Trinajstić information content (AvgIpc) is 2.61. The Labute approximate surface area is 161 Å². The first kappa shape index (κ1) is 22.2. The van der Waals surface area contributed by atoms with E-state index in [9.17, 15) is 4.79 Å². The van der Waals surface area contributed by atoms with Crippen LogP contribution in [0.3, 0.4) is 0 Å². The van der Waals surface area contributed by atoms with Gasteiger partial charge in [-0.2, -0.15) is 4.98 Å². The summed E-state index contributed by atoms with van der Waals surface area (Å²) in [5.74, 6) is 0.969. The maximum atomic E-state index is 11.5. The highest BCUT2D eigenvalue weighted by molar-refractivity contribution is 6.28. The van der Waals surface area contributed by atoms with Gasteiger partial charge in [-0.1, -0.05) is 51.3 Å². The number of rotatable bonds is 13. The first-order chi connectivity index (χ1) is 12.6. The minimum atomic E-state index is -0.0326. The molecule has 5 nitrogen and oxygen atoms in total. The summed E-state index contributed by atoms with van der Waals surface area (Å²) in [6.07, 6.45) is 15.7. The fourth-order valence-electron chi connectivity index (χ4n) is 2.15. The van der Waals surface area contributed by atoms with Gasteiger partial charge in [0.2, 0.25) is 17.1 Å². The van der Waals surface area contributed by atoms with Gasteiger partial charge in [0.1, 0.15) is 0 Å². The molecular weight excluding hydrogens is 350 g/mol. The minimum absolute atomic E-state index is 0.0326. The number of nitrogens with zero attached hydrogens (tertiary/aromatic N) is 2. The second-order valence-electron chi connectivity index (χ2n) is 6.50. The molecule has 144 valence electrons. The molecule has 26 heavy (non-hydrogen) atoms. The molecule has 0 aromatic carbocycles. The van der Waals surface area contributed by atoms with Gasteiger partial charge in [-0.25, -0.2) is 4.98 Å². The third-order valence-electron chi connectivity index (χ3n) is 3.55. The molecule has 1 aromatic heterocycles. The summed E-state index contributed by atoms with van der Waals surface area (Å²) >= 11 is 5.70. The van der Waals surface area contributed by atoms with Crippen LogP contribution in [0.15, 0.2) is 36.6 Å². The van der Waals surface area contributed by atoms with Gasteiger partial charge in [-0.05, 0) is 36.8 Å². The van der Waals surface area contributed by atoms with Gasteiger partial charge in [0.25, 0.3) is 0 Å². The number of amides is 1. The summed E-state index contributed by atoms with van der Waals surface area (Å²) in [7, 11) is 0. The molecule has 1 amide bonds. The number of allylic oxidation sites excluding steroid dienone is 3. The smallest absolute Gasteiger partial charge is 0.243 e. The van der Waals surface area contributed by atoms with Gasteiger partial charge in [-0.3, -0.25) is 4.79 Å². The van der Waals surface area contributed by atoms with Crippen LogP contribution in [-0.2, 0) is 4.79 Å². The van der Waals surface area contributed by atoms with Crippen LogP contribution in [-0.4, -0.2) is 29.0 Å². The van der Waals surface area contributed by atoms with E-state index in [1.807, 2.05) is 6.08 Å². The molecule has 0 spiro atoms. The maximum absolute atomic E-state index is 11.5. The van der Waals surface area contributed by atoms with E-state index < -0.39 is 0 Å². The Bertz CT molecular complexity index is 574. The van der Waals surface area contributed by atoms with Crippen molar-refractivity contribution in [1.29, 1.82) is 0 Å². The topological polar surface area (TPSA) is 64.1 Å². The lowest BCUT2D eigenvalue weighted by molar-refractivity contribution is -0.116. The molecule has 0 fully saturated rings. The summed E-state index contributed by atoms with van der Waals surface area (Å²) in [6.45, 7) is 5.51. The number of nitrogens with one attached hydrogen (secondary N) is 1. The van der Waals surface area contributed by atoms with E-state index in [1.165, 1.54) is 12.8 Å². The van der Waals surface area contributed by atoms with Gasteiger partial charge >= 0.3 is 0 Å². The molecule has 0 unspecified atom stereocenters. The van der Waals surface area contributed by atoms with E-state index in [2.05, 4.69) is 35.2 Å². The number of halogens is 1. The van der Waals surface area contributed by atoms with Crippen molar-refractivity contribution in [2.45, 2.75) is 52.4 Å². The molecule has 1 heterocycles. The number of ether oxygens (including phenoxy) is 1. The SMILES string of the molecule is CC(C)CNC(=O)C=CC=CCCCCCCCOc1ccnc(Cl)n1. The van der Waals surface area contributed by atoms with Gasteiger partial charge in [0.05, 0.1) is 6.61 Å². The first-order valence-corrected chi connectivity index (χ1v) is 9.68. The second-order valence-corrected chi connectivity index (χ2v) is 6.83. The molecule has 0 aliphatic rings. The molecule has 1 N–H and O–H groups in total. The largest absolute Gasteiger partial charge is 0.478 e. The number of hydrogen-bond acceptors (Lipinski definition) is 4. The van der Waals surface area contributed by atoms with E-state index in [1.54, 1.807) is 24.4 Å². The monoisotopic (exact) mass is 379 g/mol. The van der Waals surface area contributed by atoms with Gasteiger partial charge < -0.3 is 10.1 Å². The fraction of sp³-hybridized carbons (Fsp3) is 0.550. The fourth-order valence-corrected chi connectivity index (χ4v) is 2.29. The van der Waals surface area contributed by atoms with Crippen molar-refractivity contribution >= 4 is 17.5 Å². The Kier molecular flexibility index (Phi) is 12.2.